The number of nitrogens with zero attached hydrogens (tertiary/aromatic N) is 5. The van der Waals surface area contributed by atoms with Gasteiger partial charge in [0.25, 0.3) is 0 Å². The number of anilines is 1. The zero-order chi connectivity index (χ0) is 19.3. The van der Waals surface area contributed by atoms with E-state index in [-0.39, 0.29) is 0 Å². The number of rotatable bonds is 3. The van der Waals surface area contributed by atoms with Crippen molar-refractivity contribution in [1.29, 1.82) is 0 Å². The molecule has 146 valence electrons. The summed E-state index contributed by atoms with van der Waals surface area (Å²) in [5, 5.41) is 4.09. The third kappa shape index (κ3) is 3.04. The van der Waals surface area contributed by atoms with E-state index < -0.39 is 0 Å². The monoisotopic (exact) mass is 369 g/mol. The van der Waals surface area contributed by atoms with E-state index in [4.69, 9.17) is 14.5 Å². The summed E-state index contributed by atoms with van der Waals surface area (Å²) < 4.78 is 5.36. The van der Waals surface area contributed by atoms with Crippen LogP contribution >= 0.6 is 0 Å². The van der Waals surface area contributed by atoms with E-state index >= 15 is 0 Å². The van der Waals surface area contributed by atoms with Gasteiger partial charge >= 0.3 is 0 Å². The zero-order valence-corrected chi connectivity index (χ0v) is 17.5. The summed E-state index contributed by atoms with van der Waals surface area (Å²) in [5.74, 6) is 2.71. The molecule has 0 N–H and O–H groups in total. The van der Waals surface area contributed by atoms with E-state index in [1.807, 2.05) is 34.6 Å². The number of aromatic nitrogens is 3. The highest BCUT2D eigenvalue weighted by Crippen LogP contribution is 2.46. The van der Waals surface area contributed by atoms with Crippen molar-refractivity contribution in [1.82, 2.24) is 20.0 Å². The van der Waals surface area contributed by atoms with Crippen LogP contribution in [0.1, 0.15) is 49.5 Å². The smallest absolute Gasteiger partial charge is 0.143 e. The van der Waals surface area contributed by atoms with E-state index in [1.54, 1.807) is 0 Å². The van der Waals surface area contributed by atoms with Gasteiger partial charge in [-0.15, -0.1) is 0 Å². The molecule has 1 aliphatic carbocycles. The van der Waals surface area contributed by atoms with Crippen LogP contribution < -0.4 is 4.90 Å². The molecule has 0 radical (unpaired) electrons. The molecule has 5 rings (SSSR count). The molecule has 2 aromatic heterocycles. The Bertz CT molecular complexity index is 821. The molecule has 2 saturated heterocycles. The van der Waals surface area contributed by atoms with Gasteiger partial charge in [0.15, 0.2) is 0 Å². The summed E-state index contributed by atoms with van der Waals surface area (Å²) in [6.45, 7) is 16.8. The van der Waals surface area contributed by atoms with E-state index in [0.29, 0.717) is 5.41 Å². The second-order valence-corrected chi connectivity index (χ2v) is 8.26. The Balaban J connectivity index is 0.000000872. The topological polar surface area (TPSA) is 58.3 Å². The molecule has 2 aromatic rings. The fraction of sp³-hybridized carbons (Fsp3) is 0.667. The Kier molecular flexibility index (Phi) is 4.49. The van der Waals surface area contributed by atoms with E-state index in [0.717, 1.165) is 59.0 Å². The molecule has 0 amide bonds. The fourth-order valence-corrected chi connectivity index (χ4v) is 4.61. The second-order valence-electron chi connectivity index (χ2n) is 8.26. The summed E-state index contributed by atoms with van der Waals surface area (Å²) in [6.07, 6.45) is 2.82. The quantitative estimate of drug-likeness (QED) is 0.823. The Hall–Kier alpha value is -1.95. The minimum atomic E-state index is 0.511. The highest BCUT2D eigenvalue weighted by molar-refractivity contribution is 5.72. The number of likely N-dealkylation sites (tertiary alicyclic amines) is 1. The summed E-state index contributed by atoms with van der Waals surface area (Å²) in [5.41, 5.74) is 4.52. The molecule has 6 nitrogen and oxygen atoms in total. The normalized spacial score (nSPS) is 20.7. The third-order valence-electron chi connectivity index (χ3n) is 5.99. The van der Waals surface area contributed by atoms with Crippen LogP contribution in [0.15, 0.2) is 4.52 Å². The molecule has 6 heteroatoms. The van der Waals surface area contributed by atoms with Crippen molar-refractivity contribution in [2.45, 2.75) is 60.4 Å². The van der Waals surface area contributed by atoms with Gasteiger partial charge in [-0.05, 0) is 40.5 Å². The molecule has 27 heavy (non-hydrogen) atoms. The van der Waals surface area contributed by atoms with Crippen molar-refractivity contribution < 1.29 is 4.52 Å². The van der Waals surface area contributed by atoms with Gasteiger partial charge in [-0.3, -0.25) is 4.90 Å². The lowest BCUT2D eigenvalue weighted by molar-refractivity contribution is -0.0278. The van der Waals surface area contributed by atoms with Crippen molar-refractivity contribution in [2.24, 2.45) is 5.41 Å². The Morgan fingerprint density at radius 2 is 1.63 bits per heavy atom. The second kappa shape index (κ2) is 6.59. The van der Waals surface area contributed by atoms with Gasteiger partial charge in [0.2, 0.25) is 0 Å². The van der Waals surface area contributed by atoms with Gasteiger partial charge < -0.3 is 9.42 Å². The average Bonchev–Trinajstić information content (AvgIpc) is 3.35. The van der Waals surface area contributed by atoms with Gasteiger partial charge in [0.05, 0.1) is 17.0 Å². The van der Waals surface area contributed by atoms with Gasteiger partial charge in [0, 0.05) is 43.2 Å². The Morgan fingerprint density at radius 1 is 0.963 bits per heavy atom. The molecule has 4 heterocycles. The van der Waals surface area contributed by atoms with Gasteiger partial charge in [-0.2, -0.15) is 0 Å². The van der Waals surface area contributed by atoms with Crippen LogP contribution in [0.3, 0.4) is 0 Å². The first-order valence-corrected chi connectivity index (χ1v) is 10.2. The molecule has 0 aromatic carbocycles. The predicted molar refractivity (Wildman–Crippen MR) is 107 cm³/mol. The maximum Gasteiger partial charge on any atom is 0.143 e. The van der Waals surface area contributed by atoms with Gasteiger partial charge in [0.1, 0.15) is 17.4 Å². The number of hydrogen-bond acceptors (Lipinski definition) is 6. The summed E-state index contributed by atoms with van der Waals surface area (Å²) in [7, 11) is 0. The van der Waals surface area contributed by atoms with Crippen LogP contribution in [0, 0.1) is 33.1 Å². The van der Waals surface area contributed by atoms with Gasteiger partial charge in [-0.25, -0.2) is 9.97 Å². The lowest BCUT2D eigenvalue weighted by Gasteiger charge is -2.61. The molecule has 3 fully saturated rings. The standard InChI is InChI=1S/C19H25N5O.C2H6/c1-11-17(16-12(2)22-25-13(16)3)20-14(4)21-18(11)24-9-19(10-24)7-23(8-19)15-5-6-15;1-2/h15H,5-10H2,1-4H3;1-2H3. The molecule has 1 spiro atoms. The van der Waals surface area contributed by atoms with Crippen LogP contribution in [-0.4, -0.2) is 52.2 Å². The van der Waals surface area contributed by atoms with Crippen LogP contribution in [0.5, 0.6) is 0 Å². The van der Waals surface area contributed by atoms with E-state index in [9.17, 15) is 0 Å². The Labute approximate surface area is 162 Å². The average molecular weight is 370 g/mol. The molecule has 0 atom stereocenters. The summed E-state index contributed by atoms with van der Waals surface area (Å²) in [4.78, 5) is 14.6. The maximum atomic E-state index is 5.36. The van der Waals surface area contributed by atoms with Crippen LogP contribution in [0.25, 0.3) is 11.3 Å². The Morgan fingerprint density at radius 3 is 2.19 bits per heavy atom. The molecule has 2 aliphatic heterocycles. The van der Waals surface area contributed by atoms with Crippen LogP contribution in [0.2, 0.25) is 0 Å². The van der Waals surface area contributed by atoms with Crippen molar-refractivity contribution >= 4 is 5.82 Å². The zero-order valence-electron chi connectivity index (χ0n) is 17.5. The molecule has 3 aliphatic rings. The van der Waals surface area contributed by atoms with Crippen molar-refractivity contribution in [2.75, 3.05) is 31.1 Å². The summed E-state index contributed by atoms with van der Waals surface area (Å²) in [6, 6.07) is 0.897. The van der Waals surface area contributed by atoms with Crippen molar-refractivity contribution in [3.05, 3.63) is 22.8 Å². The van der Waals surface area contributed by atoms with E-state index in [2.05, 4.69) is 21.9 Å². The minimum Gasteiger partial charge on any atom is -0.361 e. The SMILES string of the molecule is CC.Cc1nc(-c2c(C)noc2C)c(C)c(N2CC3(C2)CN(C2CC2)C3)n1. The van der Waals surface area contributed by atoms with Crippen LogP contribution in [0.4, 0.5) is 5.82 Å². The lowest BCUT2D eigenvalue weighted by Crippen LogP contribution is -2.72. The third-order valence-corrected chi connectivity index (χ3v) is 5.99. The minimum absolute atomic E-state index is 0.511. The lowest BCUT2D eigenvalue weighted by atomic mass is 9.72. The maximum absolute atomic E-state index is 5.36. The first-order valence-electron chi connectivity index (χ1n) is 10.2. The van der Waals surface area contributed by atoms with Gasteiger partial charge in [-0.1, -0.05) is 19.0 Å². The highest BCUT2D eigenvalue weighted by atomic mass is 16.5. The molecular weight excluding hydrogens is 338 g/mol. The number of hydrogen-bond donors (Lipinski definition) is 0. The van der Waals surface area contributed by atoms with Crippen molar-refractivity contribution in [3.8, 4) is 11.3 Å². The predicted octanol–water partition coefficient (Wildman–Crippen LogP) is 3.68. The first-order chi connectivity index (χ1) is 13.0. The first kappa shape index (κ1) is 18.4. The fourth-order valence-electron chi connectivity index (χ4n) is 4.61. The van der Waals surface area contributed by atoms with Crippen molar-refractivity contribution in [3.63, 3.8) is 0 Å². The number of aryl methyl sites for hydroxylation is 3. The molecule has 1 saturated carbocycles. The largest absolute Gasteiger partial charge is 0.361 e. The van der Waals surface area contributed by atoms with E-state index in [1.165, 1.54) is 25.9 Å². The molecule has 0 bridgehead atoms. The molecular formula is C21H31N5O. The highest BCUT2D eigenvalue weighted by Gasteiger charge is 2.55. The summed E-state index contributed by atoms with van der Waals surface area (Å²) >= 11 is 0. The molecule has 0 unspecified atom stereocenters. The van der Waals surface area contributed by atoms with Crippen LogP contribution in [-0.2, 0) is 0 Å².